The van der Waals surface area contributed by atoms with E-state index in [1.165, 1.54) is 23.1 Å². The van der Waals surface area contributed by atoms with Crippen molar-refractivity contribution in [3.63, 3.8) is 0 Å². The van der Waals surface area contributed by atoms with E-state index in [1.54, 1.807) is 20.0 Å². The molecule has 0 saturated carbocycles. The summed E-state index contributed by atoms with van der Waals surface area (Å²) in [5, 5.41) is -0.222. The van der Waals surface area contributed by atoms with Crippen molar-refractivity contribution in [1.82, 2.24) is 4.90 Å². The fourth-order valence-electron chi connectivity index (χ4n) is 1.26. The molecular formula is C10H14NO4P. The minimum atomic E-state index is -4.41. The molecule has 0 radical (unpaired) electrons. The molecule has 0 saturated heterocycles. The molecule has 0 fully saturated rings. The van der Waals surface area contributed by atoms with Gasteiger partial charge in [0.1, 0.15) is 0 Å². The van der Waals surface area contributed by atoms with E-state index in [0.717, 1.165) is 0 Å². The van der Waals surface area contributed by atoms with Crippen LogP contribution in [0.3, 0.4) is 0 Å². The van der Waals surface area contributed by atoms with Gasteiger partial charge in [0.15, 0.2) is 0 Å². The zero-order valence-corrected chi connectivity index (χ0v) is 10.0. The third-order valence-electron chi connectivity index (χ3n) is 2.27. The first kappa shape index (κ1) is 12.9. The highest BCUT2D eigenvalue weighted by Gasteiger charge is 2.25. The summed E-state index contributed by atoms with van der Waals surface area (Å²) < 4.78 is 11.2. The predicted octanol–water partition coefficient (Wildman–Crippen LogP) is 0.581. The van der Waals surface area contributed by atoms with Crippen molar-refractivity contribution >= 4 is 18.8 Å². The van der Waals surface area contributed by atoms with Gasteiger partial charge in [-0.2, -0.15) is 0 Å². The van der Waals surface area contributed by atoms with E-state index in [9.17, 15) is 9.36 Å². The Balaban J connectivity index is 3.24. The minimum Gasteiger partial charge on any atom is -0.342 e. The number of hydrogen-bond acceptors (Lipinski definition) is 2. The number of hydrogen-bond donors (Lipinski definition) is 2. The maximum atomic E-state index is 11.8. The summed E-state index contributed by atoms with van der Waals surface area (Å²) in [7, 11) is -2.83. The maximum Gasteiger partial charge on any atom is 0.357 e. The van der Waals surface area contributed by atoms with Gasteiger partial charge >= 0.3 is 7.60 Å². The highest BCUT2D eigenvalue weighted by Crippen LogP contribution is 2.34. The molecule has 0 aliphatic rings. The summed E-state index contributed by atoms with van der Waals surface area (Å²) in [6.45, 7) is 2.27. The van der Waals surface area contributed by atoms with Crippen LogP contribution in [0.4, 0.5) is 0 Å². The minimum absolute atomic E-state index is 0.0557. The Morgan fingerprint density at radius 2 is 1.94 bits per heavy atom. The molecule has 0 unspecified atom stereocenters. The van der Waals surface area contributed by atoms with E-state index >= 15 is 0 Å². The second-order valence-electron chi connectivity index (χ2n) is 3.38. The Morgan fingerprint density at radius 1 is 1.38 bits per heavy atom. The van der Waals surface area contributed by atoms with Crippen molar-refractivity contribution in [2.45, 2.75) is 6.92 Å². The van der Waals surface area contributed by atoms with Gasteiger partial charge in [-0.15, -0.1) is 0 Å². The summed E-state index contributed by atoms with van der Waals surface area (Å²) in [5.41, 5.74) is 0.0557. The van der Waals surface area contributed by atoms with Crippen molar-refractivity contribution in [2.75, 3.05) is 13.6 Å². The summed E-state index contributed by atoms with van der Waals surface area (Å²) in [5.74, 6) is -0.388. The molecule has 0 spiro atoms. The van der Waals surface area contributed by atoms with Crippen LogP contribution in [-0.4, -0.2) is 34.2 Å². The van der Waals surface area contributed by atoms with Gasteiger partial charge in [-0.1, -0.05) is 12.1 Å². The number of carbonyl (C=O) groups excluding carboxylic acids is 1. The summed E-state index contributed by atoms with van der Waals surface area (Å²) >= 11 is 0. The molecule has 5 nitrogen and oxygen atoms in total. The molecule has 0 aromatic heterocycles. The Morgan fingerprint density at radius 3 is 2.44 bits per heavy atom. The number of carbonyl (C=O) groups is 1. The van der Waals surface area contributed by atoms with Crippen molar-refractivity contribution in [3.8, 4) is 0 Å². The molecule has 1 rings (SSSR count). The van der Waals surface area contributed by atoms with E-state index in [-0.39, 0.29) is 16.8 Å². The zero-order chi connectivity index (χ0) is 12.3. The van der Waals surface area contributed by atoms with E-state index in [0.29, 0.717) is 6.54 Å². The van der Waals surface area contributed by atoms with Crippen LogP contribution in [0.25, 0.3) is 0 Å². The average molecular weight is 243 g/mol. The quantitative estimate of drug-likeness (QED) is 0.761. The van der Waals surface area contributed by atoms with Crippen molar-refractivity contribution in [3.05, 3.63) is 29.8 Å². The van der Waals surface area contributed by atoms with Gasteiger partial charge < -0.3 is 14.7 Å². The largest absolute Gasteiger partial charge is 0.357 e. The van der Waals surface area contributed by atoms with Gasteiger partial charge in [0.05, 0.1) is 10.9 Å². The van der Waals surface area contributed by atoms with Crippen LogP contribution in [0.15, 0.2) is 24.3 Å². The number of benzene rings is 1. The van der Waals surface area contributed by atoms with E-state index < -0.39 is 7.60 Å². The standard InChI is InChI=1S/C10H14NO4P/c1-3-11(2)10(12)8-6-4-5-7-9(8)16(13,14)15/h4-7H,3H2,1-2H3,(H2,13,14,15). The summed E-state index contributed by atoms with van der Waals surface area (Å²) in [4.78, 5) is 31.5. The fourth-order valence-corrected chi connectivity index (χ4v) is 2.02. The first-order valence-electron chi connectivity index (χ1n) is 4.78. The summed E-state index contributed by atoms with van der Waals surface area (Å²) in [6, 6.07) is 5.77. The van der Waals surface area contributed by atoms with Crippen LogP contribution in [0.1, 0.15) is 17.3 Å². The zero-order valence-electron chi connectivity index (χ0n) is 9.12. The highest BCUT2D eigenvalue weighted by molar-refractivity contribution is 7.60. The SMILES string of the molecule is CCN(C)C(=O)c1ccccc1P(=O)(O)O. The normalized spacial score (nSPS) is 11.2. The van der Waals surface area contributed by atoms with Gasteiger partial charge in [-0.25, -0.2) is 0 Å². The smallest absolute Gasteiger partial charge is 0.342 e. The molecule has 0 atom stereocenters. The molecule has 1 aromatic carbocycles. The van der Waals surface area contributed by atoms with Gasteiger partial charge in [-0.05, 0) is 19.1 Å². The fraction of sp³-hybridized carbons (Fsp3) is 0.300. The lowest BCUT2D eigenvalue weighted by molar-refractivity contribution is 0.0803. The molecule has 0 heterocycles. The van der Waals surface area contributed by atoms with E-state index in [4.69, 9.17) is 9.79 Å². The lowest BCUT2D eigenvalue weighted by atomic mass is 10.2. The van der Waals surface area contributed by atoms with Crippen molar-refractivity contribution < 1.29 is 19.1 Å². The molecule has 0 bridgehead atoms. The van der Waals surface area contributed by atoms with Crippen LogP contribution in [0.5, 0.6) is 0 Å². The topological polar surface area (TPSA) is 77.8 Å². The Bertz CT molecular complexity index is 440. The van der Waals surface area contributed by atoms with E-state index in [1.807, 2.05) is 0 Å². The predicted molar refractivity (Wildman–Crippen MR) is 60.8 cm³/mol. The lowest BCUT2D eigenvalue weighted by Gasteiger charge is -2.17. The average Bonchev–Trinajstić information content (AvgIpc) is 2.26. The number of amides is 1. The molecule has 16 heavy (non-hydrogen) atoms. The first-order valence-corrected chi connectivity index (χ1v) is 6.39. The van der Waals surface area contributed by atoms with Crippen LogP contribution in [-0.2, 0) is 4.57 Å². The monoisotopic (exact) mass is 243 g/mol. The second-order valence-corrected chi connectivity index (χ2v) is 4.95. The second kappa shape index (κ2) is 4.78. The molecule has 0 aliphatic heterocycles. The summed E-state index contributed by atoms with van der Waals surface area (Å²) in [6.07, 6.45) is 0. The van der Waals surface area contributed by atoms with Crippen LogP contribution in [0.2, 0.25) is 0 Å². The molecule has 1 aromatic rings. The van der Waals surface area contributed by atoms with Gasteiger partial charge in [0.25, 0.3) is 5.91 Å². The third-order valence-corrected chi connectivity index (χ3v) is 3.29. The Kier molecular flexibility index (Phi) is 3.86. The van der Waals surface area contributed by atoms with Gasteiger partial charge in [0, 0.05) is 13.6 Å². The van der Waals surface area contributed by atoms with Crippen molar-refractivity contribution in [2.24, 2.45) is 0 Å². The molecule has 1 amide bonds. The third kappa shape index (κ3) is 2.70. The Labute approximate surface area is 93.9 Å². The van der Waals surface area contributed by atoms with E-state index in [2.05, 4.69) is 0 Å². The molecular weight excluding hydrogens is 229 g/mol. The first-order chi connectivity index (χ1) is 7.38. The van der Waals surface area contributed by atoms with Crippen LogP contribution < -0.4 is 5.30 Å². The van der Waals surface area contributed by atoms with Gasteiger partial charge in [-0.3, -0.25) is 9.36 Å². The number of nitrogens with zero attached hydrogens (tertiary/aromatic N) is 1. The Hall–Kier alpha value is -1.16. The highest BCUT2D eigenvalue weighted by atomic mass is 31.2. The molecule has 6 heteroatoms. The molecule has 88 valence electrons. The van der Waals surface area contributed by atoms with Crippen molar-refractivity contribution in [1.29, 1.82) is 0 Å². The molecule has 0 aliphatic carbocycles. The van der Waals surface area contributed by atoms with Crippen LogP contribution >= 0.6 is 7.60 Å². The molecule has 2 N–H and O–H groups in total. The maximum absolute atomic E-state index is 11.8. The van der Waals surface area contributed by atoms with Gasteiger partial charge in [0.2, 0.25) is 0 Å². The number of rotatable bonds is 3. The lowest BCUT2D eigenvalue weighted by Crippen LogP contribution is -2.30. The van der Waals surface area contributed by atoms with Crippen LogP contribution in [0, 0.1) is 0 Å².